The van der Waals surface area contributed by atoms with Gasteiger partial charge in [0.25, 0.3) is 0 Å². The number of aliphatic imine (C=N–C) groups is 1. The first-order valence-corrected chi connectivity index (χ1v) is 6.27. The van der Waals surface area contributed by atoms with Gasteiger partial charge in [0, 0.05) is 32.0 Å². The third-order valence-corrected chi connectivity index (χ3v) is 3.33. The van der Waals surface area contributed by atoms with Crippen molar-refractivity contribution in [3.63, 3.8) is 0 Å². The zero-order valence-electron chi connectivity index (χ0n) is 10.4. The summed E-state index contributed by atoms with van der Waals surface area (Å²) in [6, 6.07) is 0. The molecule has 1 fully saturated rings. The Morgan fingerprint density at radius 2 is 2.47 bits per heavy atom. The summed E-state index contributed by atoms with van der Waals surface area (Å²) in [6.07, 6.45) is 7.76. The van der Waals surface area contributed by atoms with Gasteiger partial charge in [-0.1, -0.05) is 6.42 Å². The minimum Gasteiger partial charge on any atom is -0.370 e. The van der Waals surface area contributed by atoms with E-state index in [9.17, 15) is 0 Å². The molecular weight excluding hydrogens is 214 g/mol. The smallest absolute Gasteiger partial charge is 0.188 e. The van der Waals surface area contributed by atoms with Gasteiger partial charge in [-0.3, -0.25) is 4.99 Å². The van der Waals surface area contributed by atoms with Crippen LogP contribution in [0.15, 0.2) is 17.4 Å². The van der Waals surface area contributed by atoms with E-state index < -0.39 is 0 Å². The van der Waals surface area contributed by atoms with Crippen molar-refractivity contribution in [3.8, 4) is 0 Å². The molecule has 5 nitrogen and oxygen atoms in total. The molecule has 1 aliphatic rings. The molecule has 3 N–H and O–H groups in total. The Morgan fingerprint density at radius 1 is 1.65 bits per heavy atom. The van der Waals surface area contributed by atoms with Crippen LogP contribution in [0.2, 0.25) is 0 Å². The van der Waals surface area contributed by atoms with Crippen molar-refractivity contribution in [1.29, 1.82) is 0 Å². The second-order valence-electron chi connectivity index (χ2n) is 4.62. The van der Waals surface area contributed by atoms with Gasteiger partial charge in [-0.05, 0) is 25.7 Å². The molecule has 94 valence electrons. The maximum Gasteiger partial charge on any atom is 0.188 e. The highest BCUT2D eigenvalue weighted by Crippen LogP contribution is 2.26. The van der Waals surface area contributed by atoms with E-state index in [2.05, 4.69) is 19.9 Å². The molecule has 0 spiro atoms. The molecule has 2 rings (SSSR count). The van der Waals surface area contributed by atoms with E-state index in [1.807, 2.05) is 19.3 Å². The largest absolute Gasteiger partial charge is 0.370 e. The minimum atomic E-state index is 0.565. The van der Waals surface area contributed by atoms with Gasteiger partial charge in [0.2, 0.25) is 0 Å². The summed E-state index contributed by atoms with van der Waals surface area (Å²) in [5, 5.41) is 3.13. The van der Waals surface area contributed by atoms with E-state index in [1.165, 1.54) is 19.3 Å². The Labute approximate surface area is 102 Å². The highest BCUT2D eigenvalue weighted by atomic mass is 15.1. The standard InChI is InChI=1S/C12H21N5/c1-10-14-5-7-17(10)8-6-15-12(13)16-9-11-3-2-4-11/h5,7,11H,2-4,6,8-9H2,1H3,(H3,13,15,16). The Balaban J connectivity index is 1.65. The van der Waals surface area contributed by atoms with Crippen LogP contribution in [-0.4, -0.2) is 28.6 Å². The number of nitrogens with two attached hydrogens (primary N) is 1. The molecule has 0 unspecified atom stereocenters. The fraction of sp³-hybridized carbons (Fsp3) is 0.667. The Kier molecular flexibility index (Phi) is 4.01. The number of nitrogens with zero attached hydrogens (tertiary/aromatic N) is 3. The summed E-state index contributed by atoms with van der Waals surface area (Å²) in [5.41, 5.74) is 5.79. The van der Waals surface area contributed by atoms with Gasteiger partial charge in [0.15, 0.2) is 5.96 Å². The zero-order valence-corrected chi connectivity index (χ0v) is 10.4. The monoisotopic (exact) mass is 235 g/mol. The van der Waals surface area contributed by atoms with Gasteiger partial charge in [-0.2, -0.15) is 0 Å². The van der Waals surface area contributed by atoms with Crippen LogP contribution in [0, 0.1) is 12.8 Å². The average molecular weight is 235 g/mol. The third kappa shape index (κ3) is 3.47. The van der Waals surface area contributed by atoms with Crippen LogP contribution in [0.3, 0.4) is 0 Å². The van der Waals surface area contributed by atoms with Crippen LogP contribution in [0.4, 0.5) is 0 Å². The van der Waals surface area contributed by atoms with Gasteiger partial charge < -0.3 is 15.6 Å². The van der Waals surface area contributed by atoms with Crippen molar-refractivity contribution >= 4 is 5.96 Å². The summed E-state index contributed by atoms with van der Waals surface area (Å²) >= 11 is 0. The maximum atomic E-state index is 5.79. The highest BCUT2D eigenvalue weighted by molar-refractivity contribution is 5.77. The minimum absolute atomic E-state index is 0.565. The van der Waals surface area contributed by atoms with Gasteiger partial charge in [-0.15, -0.1) is 0 Å². The lowest BCUT2D eigenvalue weighted by molar-refractivity contribution is 0.326. The molecule has 0 radical (unpaired) electrons. The van der Waals surface area contributed by atoms with Crippen molar-refractivity contribution < 1.29 is 0 Å². The molecule has 0 amide bonds. The highest BCUT2D eigenvalue weighted by Gasteiger charge is 2.16. The molecule has 0 saturated heterocycles. The van der Waals surface area contributed by atoms with E-state index >= 15 is 0 Å². The first kappa shape index (κ1) is 12.0. The molecule has 1 aromatic heterocycles. The number of imidazole rings is 1. The maximum absolute atomic E-state index is 5.79. The number of rotatable bonds is 5. The summed E-state index contributed by atoms with van der Waals surface area (Å²) in [4.78, 5) is 8.51. The second kappa shape index (κ2) is 5.70. The lowest BCUT2D eigenvalue weighted by Gasteiger charge is -2.23. The van der Waals surface area contributed by atoms with Crippen molar-refractivity contribution in [2.24, 2.45) is 16.6 Å². The molecule has 1 saturated carbocycles. The topological polar surface area (TPSA) is 68.2 Å². The van der Waals surface area contributed by atoms with Crippen LogP contribution in [0.5, 0.6) is 0 Å². The zero-order chi connectivity index (χ0) is 12.1. The van der Waals surface area contributed by atoms with E-state index in [4.69, 9.17) is 5.73 Å². The van der Waals surface area contributed by atoms with Crippen molar-refractivity contribution in [2.45, 2.75) is 32.7 Å². The molecule has 5 heteroatoms. The molecular formula is C12H21N5. The normalized spacial score (nSPS) is 16.9. The van der Waals surface area contributed by atoms with Gasteiger partial charge >= 0.3 is 0 Å². The molecule has 0 atom stereocenters. The number of aryl methyl sites for hydroxylation is 1. The number of hydrogen-bond acceptors (Lipinski definition) is 2. The number of guanidine groups is 1. The number of hydrogen-bond donors (Lipinski definition) is 2. The first-order chi connectivity index (χ1) is 8.25. The van der Waals surface area contributed by atoms with Gasteiger partial charge in [0.05, 0.1) is 0 Å². The summed E-state index contributed by atoms with van der Waals surface area (Å²) in [5.74, 6) is 2.36. The SMILES string of the molecule is Cc1nccn1CCNC(N)=NCC1CCC1. The Hall–Kier alpha value is -1.52. The number of aromatic nitrogens is 2. The van der Waals surface area contributed by atoms with Crippen LogP contribution < -0.4 is 11.1 Å². The average Bonchev–Trinajstić information content (AvgIpc) is 2.62. The Morgan fingerprint density at radius 3 is 3.06 bits per heavy atom. The molecule has 1 heterocycles. The molecule has 0 bridgehead atoms. The second-order valence-corrected chi connectivity index (χ2v) is 4.62. The van der Waals surface area contributed by atoms with Crippen molar-refractivity contribution in [1.82, 2.24) is 14.9 Å². The quantitative estimate of drug-likeness (QED) is 0.588. The Bertz CT molecular complexity index is 378. The van der Waals surface area contributed by atoms with E-state index in [0.29, 0.717) is 5.96 Å². The molecule has 0 aliphatic heterocycles. The molecule has 1 aliphatic carbocycles. The first-order valence-electron chi connectivity index (χ1n) is 6.27. The van der Waals surface area contributed by atoms with E-state index in [1.54, 1.807) is 0 Å². The molecule has 1 aromatic rings. The van der Waals surface area contributed by atoms with Gasteiger partial charge in [-0.25, -0.2) is 4.98 Å². The predicted octanol–water partition coefficient (Wildman–Crippen LogP) is 0.896. The molecule has 17 heavy (non-hydrogen) atoms. The molecule has 0 aromatic carbocycles. The number of nitrogens with one attached hydrogen (secondary N) is 1. The van der Waals surface area contributed by atoms with Crippen molar-refractivity contribution in [3.05, 3.63) is 18.2 Å². The fourth-order valence-electron chi connectivity index (χ4n) is 1.90. The van der Waals surface area contributed by atoms with Crippen molar-refractivity contribution in [2.75, 3.05) is 13.1 Å². The van der Waals surface area contributed by atoms with Crippen LogP contribution in [0.1, 0.15) is 25.1 Å². The summed E-state index contributed by atoms with van der Waals surface area (Å²) in [7, 11) is 0. The third-order valence-electron chi connectivity index (χ3n) is 3.33. The summed E-state index contributed by atoms with van der Waals surface area (Å²) in [6.45, 7) is 4.53. The summed E-state index contributed by atoms with van der Waals surface area (Å²) < 4.78 is 2.09. The van der Waals surface area contributed by atoms with Crippen LogP contribution >= 0.6 is 0 Å². The van der Waals surface area contributed by atoms with E-state index in [-0.39, 0.29) is 0 Å². The predicted molar refractivity (Wildman–Crippen MR) is 68.8 cm³/mol. The van der Waals surface area contributed by atoms with E-state index in [0.717, 1.165) is 31.4 Å². The fourth-order valence-corrected chi connectivity index (χ4v) is 1.90. The lowest BCUT2D eigenvalue weighted by Crippen LogP contribution is -2.35. The van der Waals surface area contributed by atoms with Crippen LogP contribution in [-0.2, 0) is 6.54 Å². The van der Waals surface area contributed by atoms with Crippen LogP contribution in [0.25, 0.3) is 0 Å². The lowest BCUT2D eigenvalue weighted by atomic mass is 9.86. The van der Waals surface area contributed by atoms with Gasteiger partial charge in [0.1, 0.15) is 5.82 Å².